The highest BCUT2D eigenvalue weighted by atomic mass is 15.0. The first-order valence-corrected chi connectivity index (χ1v) is 25.1. The first kappa shape index (κ1) is 45.5. The molecule has 64 heavy (non-hydrogen) atoms. The van der Waals surface area contributed by atoms with Gasteiger partial charge in [0, 0.05) is 32.9 Å². The molecular weight excluding hydrogens is 773 g/mol. The van der Waals surface area contributed by atoms with Gasteiger partial charge in [0.2, 0.25) is 0 Å². The molecule has 0 bridgehead atoms. The Balaban J connectivity index is 1.22. The van der Waals surface area contributed by atoms with Gasteiger partial charge in [-0.25, -0.2) is 0 Å². The summed E-state index contributed by atoms with van der Waals surface area (Å²) in [6, 6.07) is 43.0. The molecule has 8 rings (SSSR count). The van der Waals surface area contributed by atoms with Gasteiger partial charge in [0.25, 0.3) is 0 Å². The second-order valence-electron chi connectivity index (χ2n) is 21.4. The molecule has 0 unspecified atom stereocenters. The molecule has 2 heteroatoms. The van der Waals surface area contributed by atoms with E-state index in [1.165, 1.54) is 183 Å². The van der Waals surface area contributed by atoms with E-state index in [-0.39, 0.29) is 10.8 Å². The van der Waals surface area contributed by atoms with Gasteiger partial charge in [0.15, 0.2) is 0 Å². The predicted molar refractivity (Wildman–Crippen MR) is 282 cm³/mol. The minimum Gasteiger partial charge on any atom is -0.309 e. The molecule has 6 aromatic carbocycles. The van der Waals surface area contributed by atoms with Crippen LogP contribution in [0.15, 0.2) is 109 Å². The lowest BCUT2D eigenvalue weighted by Crippen LogP contribution is -2.10. The predicted octanol–water partition coefficient (Wildman–Crippen LogP) is 18.6. The van der Waals surface area contributed by atoms with Crippen LogP contribution in [0.1, 0.15) is 166 Å². The van der Waals surface area contributed by atoms with Crippen LogP contribution in [0.3, 0.4) is 0 Å². The van der Waals surface area contributed by atoms with Crippen LogP contribution in [-0.2, 0) is 23.7 Å². The van der Waals surface area contributed by atoms with E-state index in [0.29, 0.717) is 0 Å². The summed E-state index contributed by atoms with van der Waals surface area (Å²) in [6.45, 7) is 23.1. The quantitative estimate of drug-likeness (QED) is 0.0808. The zero-order valence-electron chi connectivity index (χ0n) is 41.2. The van der Waals surface area contributed by atoms with Crippen molar-refractivity contribution in [2.24, 2.45) is 0 Å². The number of aromatic nitrogens is 2. The number of hydrogen-bond acceptors (Lipinski definition) is 0. The Morgan fingerprint density at radius 3 is 1.31 bits per heavy atom. The second kappa shape index (κ2) is 19.2. The molecule has 0 aliphatic carbocycles. The second-order valence-corrected chi connectivity index (χ2v) is 21.4. The van der Waals surface area contributed by atoms with Gasteiger partial charge < -0.3 is 9.13 Å². The van der Waals surface area contributed by atoms with Gasteiger partial charge >= 0.3 is 0 Å². The third kappa shape index (κ3) is 9.49. The van der Waals surface area contributed by atoms with Crippen LogP contribution >= 0.6 is 0 Å². The van der Waals surface area contributed by atoms with Crippen molar-refractivity contribution in [2.45, 2.75) is 170 Å². The molecular formula is C62H76N2. The Hall–Kier alpha value is -5.08. The average molecular weight is 849 g/mol. The fourth-order valence-corrected chi connectivity index (χ4v) is 10.3. The van der Waals surface area contributed by atoms with E-state index in [4.69, 9.17) is 0 Å². The van der Waals surface area contributed by atoms with E-state index in [1.54, 1.807) is 0 Å². The topological polar surface area (TPSA) is 9.86 Å². The Kier molecular flexibility index (Phi) is 13.6. The molecule has 2 nitrogen and oxygen atoms in total. The Morgan fingerprint density at radius 2 is 0.812 bits per heavy atom. The van der Waals surface area contributed by atoms with Gasteiger partial charge in [-0.2, -0.15) is 0 Å². The standard InChI is InChI=1S/C62H76N2/c1-11-13-15-17-19-21-23-45-39-52(46(38-44(45)4)24-22-20-18-16-14-12-2)47-26-34-58-54(40-47)56-42-49(62(8,9)10)28-36-60(56)64(58)51-31-29-50(30-32-51)63-57-33-25-43(3)37-53(57)55-41-48(61(5,6)7)27-35-59(55)63/h25-42H,11-24H2,1-10H3. The molecule has 0 aliphatic rings. The van der Waals surface area contributed by atoms with Crippen LogP contribution in [0.4, 0.5) is 0 Å². The summed E-state index contributed by atoms with van der Waals surface area (Å²) in [4.78, 5) is 0. The molecule has 334 valence electrons. The summed E-state index contributed by atoms with van der Waals surface area (Å²) in [5, 5.41) is 5.30. The Morgan fingerprint density at radius 1 is 0.391 bits per heavy atom. The summed E-state index contributed by atoms with van der Waals surface area (Å²) >= 11 is 0. The lowest BCUT2D eigenvalue weighted by Gasteiger charge is -2.19. The van der Waals surface area contributed by atoms with Crippen LogP contribution < -0.4 is 0 Å². The number of nitrogens with zero attached hydrogens (tertiary/aromatic N) is 2. The fourth-order valence-electron chi connectivity index (χ4n) is 10.3. The summed E-state index contributed by atoms with van der Waals surface area (Å²) in [7, 11) is 0. The summed E-state index contributed by atoms with van der Waals surface area (Å²) in [5.41, 5.74) is 18.9. The van der Waals surface area contributed by atoms with Gasteiger partial charge in [0.1, 0.15) is 0 Å². The number of unbranched alkanes of at least 4 members (excludes halogenated alkanes) is 10. The Labute approximate surface area is 386 Å². The van der Waals surface area contributed by atoms with Crippen molar-refractivity contribution in [1.82, 2.24) is 9.13 Å². The number of rotatable bonds is 17. The molecule has 2 heterocycles. The lowest BCUT2D eigenvalue weighted by atomic mass is 9.86. The summed E-state index contributed by atoms with van der Waals surface area (Å²) < 4.78 is 4.96. The highest BCUT2D eigenvalue weighted by Gasteiger charge is 2.22. The third-order valence-electron chi connectivity index (χ3n) is 14.3. The largest absolute Gasteiger partial charge is 0.309 e. The van der Waals surface area contributed by atoms with Gasteiger partial charge in [0.05, 0.1) is 22.1 Å². The molecule has 0 atom stereocenters. The molecule has 0 fully saturated rings. The fraction of sp³-hybridized carbons (Fsp3) is 0.419. The lowest BCUT2D eigenvalue weighted by molar-refractivity contribution is 0.591. The number of hydrogen-bond donors (Lipinski definition) is 0. The Bertz CT molecular complexity index is 2880. The van der Waals surface area contributed by atoms with Crippen LogP contribution in [0.2, 0.25) is 0 Å². The molecule has 8 aromatic rings. The molecule has 0 amide bonds. The van der Waals surface area contributed by atoms with E-state index < -0.39 is 0 Å². The van der Waals surface area contributed by atoms with E-state index in [1.807, 2.05) is 0 Å². The van der Waals surface area contributed by atoms with E-state index in [2.05, 4.69) is 188 Å². The smallest absolute Gasteiger partial charge is 0.0541 e. The first-order chi connectivity index (χ1) is 30.8. The maximum absolute atomic E-state index is 2.59. The number of benzene rings is 6. The van der Waals surface area contributed by atoms with E-state index >= 15 is 0 Å². The highest BCUT2D eigenvalue weighted by Crippen LogP contribution is 2.40. The molecule has 0 spiro atoms. The normalized spacial score (nSPS) is 12.5. The molecule has 0 saturated carbocycles. The summed E-state index contributed by atoms with van der Waals surface area (Å²) in [5.74, 6) is 0. The van der Waals surface area contributed by atoms with Gasteiger partial charge in [-0.05, 0) is 162 Å². The zero-order chi connectivity index (χ0) is 45.2. The molecule has 2 aromatic heterocycles. The van der Waals surface area contributed by atoms with Crippen molar-refractivity contribution in [3.05, 3.63) is 143 Å². The monoisotopic (exact) mass is 849 g/mol. The van der Waals surface area contributed by atoms with Crippen LogP contribution in [0.25, 0.3) is 66.1 Å². The van der Waals surface area contributed by atoms with Crippen molar-refractivity contribution in [3.63, 3.8) is 0 Å². The first-order valence-electron chi connectivity index (χ1n) is 25.1. The maximum atomic E-state index is 2.59. The van der Waals surface area contributed by atoms with Crippen LogP contribution in [0, 0.1) is 13.8 Å². The SMILES string of the molecule is CCCCCCCCc1cc(-c2ccc3c(c2)c2cc(C(C)(C)C)ccc2n3-c2ccc(-n3c4ccc(C)cc4c4cc(C(C)(C)C)ccc43)cc2)c(CCCCCCCC)cc1C. The number of fused-ring (bicyclic) bond motifs is 6. The van der Waals surface area contributed by atoms with Crippen molar-refractivity contribution < 1.29 is 0 Å². The van der Waals surface area contributed by atoms with E-state index in [0.717, 1.165) is 6.42 Å². The van der Waals surface area contributed by atoms with Crippen LogP contribution in [-0.4, -0.2) is 9.13 Å². The average Bonchev–Trinajstić information content (AvgIpc) is 3.77. The minimum absolute atomic E-state index is 0.0447. The maximum Gasteiger partial charge on any atom is 0.0541 e. The number of aryl methyl sites for hydroxylation is 4. The highest BCUT2D eigenvalue weighted by molar-refractivity contribution is 6.11. The molecule has 0 aliphatic heterocycles. The van der Waals surface area contributed by atoms with Crippen LogP contribution in [0.5, 0.6) is 0 Å². The molecule has 0 saturated heterocycles. The van der Waals surface area contributed by atoms with Crippen molar-refractivity contribution >= 4 is 43.6 Å². The molecule has 0 N–H and O–H groups in total. The third-order valence-corrected chi connectivity index (χ3v) is 14.3. The van der Waals surface area contributed by atoms with Gasteiger partial charge in [-0.15, -0.1) is 0 Å². The van der Waals surface area contributed by atoms with Gasteiger partial charge in [-0.3, -0.25) is 0 Å². The zero-order valence-corrected chi connectivity index (χ0v) is 41.2. The van der Waals surface area contributed by atoms with Crippen molar-refractivity contribution in [1.29, 1.82) is 0 Å². The van der Waals surface area contributed by atoms with Crippen molar-refractivity contribution in [2.75, 3.05) is 0 Å². The van der Waals surface area contributed by atoms with E-state index in [9.17, 15) is 0 Å². The summed E-state index contributed by atoms with van der Waals surface area (Å²) in [6.07, 6.45) is 18.2. The van der Waals surface area contributed by atoms with Crippen molar-refractivity contribution in [3.8, 4) is 22.5 Å². The minimum atomic E-state index is 0.0447. The molecule has 0 radical (unpaired) electrons. The van der Waals surface area contributed by atoms with Gasteiger partial charge in [-0.1, -0.05) is 162 Å².